The Kier molecular flexibility index (Phi) is 4.99. The minimum atomic E-state index is -3.67. The maximum atomic E-state index is 13.0. The first-order chi connectivity index (χ1) is 9.44. The summed E-state index contributed by atoms with van der Waals surface area (Å²) in [6, 6.07) is 5.48. The van der Waals surface area contributed by atoms with E-state index in [9.17, 15) is 12.8 Å². The third-order valence-electron chi connectivity index (χ3n) is 2.51. The van der Waals surface area contributed by atoms with Crippen molar-refractivity contribution < 1.29 is 12.8 Å². The van der Waals surface area contributed by atoms with Crippen molar-refractivity contribution in [1.82, 2.24) is 5.32 Å². The molecule has 0 unspecified atom stereocenters. The summed E-state index contributed by atoms with van der Waals surface area (Å²) < 4.78 is 40.8. The van der Waals surface area contributed by atoms with E-state index in [4.69, 9.17) is 0 Å². The van der Waals surface area contributed by atoms with Crippen LogP contribution >= 0.6 is 33.9 Å². The highest BCUT2D eigenvalue weighted by Gasteiger charge is 2.20. The van der Waals surface area contributed by atoms with Gasteiger partial charge in [-0.1, -0.05) is 0 Å². The first kappa shape index (κ1) is 15.7. The van der Waals surface area contributed by atoms with Crippen LogP contribution in [0.2, 0.25) is 0 Å². The molecule has 0 bridgehead atoms. The Balaban J connectivity index is 2.33. The maximum Gasteiger partial charge on any atom is 0.263 e. The molecule has 1 heterocycles. The summed E-state index contributed by atoms with van der Waals surface area (Å²) >= 11 is 3.27. The van der Waals surface area contributed by atoms with Gasteiger partial charge in [-0.25, -0.2) is 12.8 Å². The quantitative estimate of drug-likeness (QED) is 0.723. The monoisotopic (exact) mass is 426 g/mol. The van der Waals surface area contributed by atoms with Gasteiger partial charge in [0, 0.05) is 15.0 Å². The molecule has 0 fully saturated rings. The molecule has 8 heteroatoms. The fourth-order valence-corrected chi connectivity index (χ4v) is 4.96. The van der Waals surface area contributed by atoms with Crippen LogP contribution in [0.25, 0.3) is 0 Å². The summed E-state index contributed by atoms with van der Waals surface area (Å²) in [6.45, 7) is 0.481. The Labute approximate surface area is 134 Å². The van der Waals surface area contributed by atoms with Gasteiger partial charge in [0.2, 0.25) is 0 Å². The fourth-order valence-electron chi connectivity index (χ4n) is 1.63. The van der Waals surface area contributed by atoms with Gasteiger partial charge in [0.15, 0.2) is 0 Å². The van der Waals surface area contributed by atoms with Crippen molar-refractivity contribution in [3.63, 3.8) is 0 Å². The Hall–Kier alpha value is -0.710. The molecule has 1 aromatic heterocycles. The van der Waals surface area contributed by atoms with Crippen molar-refractivity contribution in [2.45, 2.75) is 11.4 Å². The Morgan fingerprint density at radius 3 is 2.75 bits per heavy atom. The summed E-state index contributed by atoms with van der Waals surface area (Å²) in [4.78, 5) is 0.981. The molecule has 108 valence electrons. The number of rotatable bonds is 5. The van der Waals surface area contributed by atoms with Crippen LogP contribution in [0.3, 0.4) is 0 Å². The smallest absolute Gasteiger partial charge is 0.263 e. The lowest BCUT2D eigenvalue weighted by Gasteiger charge is -2.10. The summed E-state index contributed by atoms with van der Waals surface area (Å²) in [6.07, 6.45) is 0. The van der Waals surface area contributed by atoms with E-state index >= 15 is 0 Å². The highest BCUT2D eigenvalue weighted by molar-refractivity contribution is 14.1. The number of benzene rings is 1. The largest absolute Gasteiger partial charge is 0.315 e. The molecule has 1 aromatic carbocycles. The zero-order chi connectivity index (χ0) is 14.8. The van der Waals surface area contributed by atoms with Crippen LogP contribution in [0.15, 0.2) is 34.5 Å². The second kappa shape index (κ2) is 6.37. The van der Waals surface area contributed by atoms with Crippen LogP contribution in [0.1, 0.15) is 4.88 Å². The van der Waals surface area contributed by atoms with Crippen LogP contribution in [0.4, 0.5) is 10.1 Å². The van der Waals surface area contributed by atoms with Crippen molar-refractivity contribution >= 4 is 49.6 Å². The lowest BCUT2D eigenvalue weighted by atomic mass is 10.3. The first-order valence-corrected chi connectivity index (χ1v) is 9.07. The van der Waals surface area contributed by atoms with Crippen LogP contribution in [0, 0.1) is 9.39 Å². The zero-order valence-corrected chi connectivity index (χ0v) is 14.3. The zero-order valence-electron chi connectivity index (χ0n) is 10.5. The van der Waals surface area contributed by atoms with Crippen LogP contribution in [-0.2, 0) is 16.6 Å². The number of halogens is 2. The highest BCUT2D eigenvalue weighted by Crippen LogP contribution is 2.26. The molecule has 0 saturated carbocycles. The van der Waals surface area contributed by atoms with E-state index in [0.29, 0.717) is 15.8 Å². The van der Waals surface area contributed by atoms with Crippen molar-refractivity contribution in [3.05, 3.63) is 43.9 Å². The van der Waals surface area contributed by atoms with Gasteiger partial charge < -0.3 is 5.32 Å². The molecule has 0 spiro atoms. The summed E-state index contributed by atoms with van der Waals surface area (Å²) in [5.41, 5.74) is 0.369. The second-order valence-electron chi connectivity index (χ2n) is 3.97. The summed E-state index contributed by atoms with van der Waals surface area (Å²) in [5.74, 6) is -0.399. The molecule has 0 saturated heterocycles. The molecule has 2 rings (SSSR count). The first-order valence-electron chi connectivity index (χ1n) is 5.63. The third-order valence-corrected chi connectivity index (χ3v) is 5.90. The molecule has 2 aromatic rings. The molecule has 4 nitrogen and oxygen atoms in total. The number of sulfonamides is 1. The van der Waals surface area contributed by atoms with Crippen molar-refractivity contribution in [1.29, 1.82) is 0 Å². The Morgan fingerprint density at radius 1 is 1.35 bits per heavy atom. The van der Waals surface area contributed by atoms with Gasteiger partial charge in [-0.2, -0.15) is 0 Å². The highest BCUT2D eigenvalue weighted by atomic mass is 127. The van der Waals surface area contributed by atoms with Gasteiger partial charge in [0.05, 0.1) is 5.69 Å². The summed E-state index contributed by atoms with van der Waals surface area (Å²) in [7, 11) is -1.91. The van der Waals surface area contributed by atoms with E-state index in [0.717, 1.165) is 4.88 Å². The van der Waals surface area contributed by atoms with E-state index in [1.54, 1.807) is 18.5 Å². The lowest BCUT2D eigenvalue weighted by Crippen LogP contribution is -2.16. The predicted molar refractivity (Wildman–Crippen MR) is 87.0 cm³/mol. The molecule has 0 radical (unpaired) electrons. The van der Waals surface area contributed by atoms with Gasteiger partial charge in [-0.3, -0.25) is 4.72 Å². The van der Waals surface area contributed by atoms with Gasteiger partial charge in [0.1, 0.15) is 10.7 Å². The minimum absolute atomic E-state index is 0.247. The number of nitrogens with one attached hydrogen (secondary N) is 2. The fraction of sp³-hybridized carbons (Fsp3) is 0.167. The molecular formula is C12H12FIN2O2S2. The standard InChI is InChI=1S/C12H12FIN2O2S2/c1-15-7-11-12(4-5-19-11)20(17,18)16-10-3-2-8(13)6-9(10)14/h2-6,15-16H,7H2,1H3. The van der Waals surface area contributed by atoms with Gasteiger partial charge in [0.25, 0.3) is 10.0 Å². The topological polar surface area (TPSA) is 58.2 Å². The molecule has 0 amide bonds. The van der Waals surface area contributed by atoms with E-state index in [1.807, 2.05) is 22.6 Å². The second-order valence-corrected chi connectivity index (χ2v) is 7.78. The van der Waals surface area contributed by atoms with Crippen molar-refractivity contribution in [2.75, 3.05) is 11.8 Å². The average molecular weight is 426 g/mol. The average Bonchev–Trinajstić information content (AvgIpc) is 2.82. The third kappa shape index (κ3) is 3.48. The SMILES string of the molecule is CNCc1sccc1S(=O)(=O)Nc1ccc(F)cc1I. The molecule has 0 aliphatic carbocycles. The van der Waals surface area contributed by atoms with Crippen molar-refractivity contribution in [3.8, 4) is 0 Å². The Morgan fingerprint density at radius 2 is 2.10 bits per heavy atom. The van der Waals surface area contributed by atoms with Crippen LogP contribution in [0.5, 0.6) is 0 Å². The van der Waals surface area contributed by atoms with Crippen molar-refractivity contribution in [2.24, 2.45) is 0 Å². The number of thiophene rings is 1. The van der Waals surface area contributed by atoms with E-state index in [2.05, 4.69) is 10.0 Å². The molecule has 0 aliphatic heterocycles. The number of hydrogen-bond acceptors (Lipinski definition) is 4. The molecule has 0 atom stereocenters. The van der Waals surface area contributed by atoms with Gasteiger partial charge in [-0.05, 0) is 59.3 Å². The van der Waals surface area contributed by atoms with E-state index in [-0.39, 0.29) is 4.90 Å². The number of hydrogen-bond donors (Lipinski definition) is 2. The molecular weight excluding hydrogens is 414 g/mol. The Bertz CT molecular complexity index is 716. The minimum Gasteiger partial charge on any atom is -0.315 e. The summed E-state index contributed by atoms with van der Waals surface area (Å²) in [5, 5.41) is 4.67. The normalized spacial score (nSPS) is 11.6. The lowest BCUT2D eigenvalue weighted by molar-refractivity contribution is 0.599. The van der Waals surface area contributed by atoms with E-state index < -0.39 is 15.8 Å². The van der Waals surface area contributed by atoms with E-state index in [1.165, 1.54) is 29.5 Å². The predicted octanol–water partition coefficient (Wildman–Crippen LogP) is 3.01. The molecule has 20 heavy (non-hydrogen) atoms. The maximum absolute atomic E-state index is 13.0. The molecule has 2 N–H and O–H groups in total. The van der Waals surface area contributed by atoms with Crippen LogP contribution in [-0.4, -0.2) is 15.5 Å². The van der Waals surface area contributed by atoms with Gasteiger partial charge in [-0.15, -0.1) is 11.3 Å². The van der Waals surface area contributed by atoms with Crippen LogP contribution < -0.4 is 10.0 Å². The number of anilines is 1. The van der Waals surface area contributed by atoms with Gasteiger partial charge >= 0.3 is 0 Å². The molecule has 0 aliphatic rings.